The molecule has 0 unspecified atom stereocenters. The van der Waals surface area contributed by atoms with Crippen molar-refractivity contribution in [2.24, 2.45) is 0 Å². The first-order valence-corrected chi connectivity index (χ1v) is 8.40. The van der Waals surface area contributed by atoms with Crippen LogP contribution in [0, 0.1) is 11.6 Å². The Hall–Kier alpha value is -1.05. The molecule has 0 saturated carbocycles. The van der Waals surface area contributed by atoms with E-state index in [4.69, 9.17) is 0 Å². The predicted octanol–water partition coefficient (Wildman–Crippen LogP) is 2.49. The third kappa shape index (κ3) is 3.99. The molecule has 21 heavy (non-hydrogen) atoms. The van der Waals surface area contributed by atoms with Gasteiger partial charge in [-0.2, -0.15) is 4.31 Å². The van der Waals surface area contributed by atoms with E-state index >= 15 is 0 Å². The highest BCUT2D eigenvalue weighted by Crippen LogP contribution is 2.24. The van der Waals surface area contributed by atoms with Crippen LogP contribution in [0.3, 0.4) is 0 Å². The number of hydrogen-bond donors (Lipinski definition) is 1. The molecule has 0 bridgehead atoms. The molecule has 0 aliphatic rings. The van der Waals surface area contributed by atoms with Crippen molar-refractivity contribution in [1.29, 1.82) is 0 Å². The van der Waals surface area contributed by atoms with E-state index in [9.17, 15) is 17.2 Å². The van der Waals surface area contributed by atoms with Crippen LogP contribution in [0.15, 0.2) is 17.0 Å². The Kier molecular flexibility index (Phi) is 6.24. The monoisotopic (exact) mass is 320 g/mol. The lowest BCUT2D eigenvalue weighted by Crippen LogP contribution is -2.37. The molecule has 0 amide bonds. The van der Waals surface area contributed by atoms with E-state index in [0.717, 1.165) is 10.4 Å². The van der Waals surface area contributed by atoms with Crippen molar-refractivity contribution < 1.29 is 17.2 Å². The summed E-state index contributed by atoms with van der Waals surface area (Å²) in [5.41, 5.74) is 0.397. The topological polar surface area (TPSA) is 49.4 Å². The first-order chi connectivity index (χ1) is 9.75. The average Bonchev–Trinajstić information content (AvgIpc) is 2.39. The van der Waals surface area contributed by atoms with Gasteiger partial charge in [-0.05, 0) is 38.1 Å². The fraction of sp³-hybridized carbons (Fsp3) is 0.571. The number of rotatable bonds is 7. The minimum atomic E-state index is -4.06. The fourth-order valence-electron chi connectivity index (χ4n) is 2.12. The first kappa shape index (κ1) is 18.0. The van der Waals surface area contributed by atoms with Crippen molar-refractivity contribution in [2.45, 2.75) is 45.2 Å². The van der Waals surface area contributed by atoms with Crippen LogP contribution >= 0.6 is 0 Å². The lowest BCUT2D eigenvalue weighted by Gasteiger charge is -2.24. The van der Waals surface area contributed by atoms with Gasteiger partial charge in [0, 0.05) is 19.1 Å². The molecule has 0 radical (unpaired) electrons. The summed E-state index contributed by atoms with van der Waals surface area (Å²) in [4.78, 5) is -0.606. The predicted molar refractivity (Wildman–Crippen MR) is 78.4 cm³/mol. The quantitative estimate of drug-likeness (QED) is 0.840. The van der Waals surface area contributed by atoms with Crippen LogP contribution in [0.1, 0.15) is 33.3 Å². The Morgan fingerprint density at radius 3 is 2.33 bits per heavy atom. The van der Waals surface area contributed by atoms with Gasteiger partial charge in [0.25, 0.3) is 0 Å². The van der Waals surface area contributed by atoms with Gasteiger partial charge in [-0.3, -0.25) is 0 Å². The van der Waals surface area contributed by atoms with E-state index in [1.165, 1.54) is 6.07 Å². The number of halogens is 2. The lowest BCUT2D eigenvalue weighted by atomic mass is 10.2. The van der Waals surface area contributed by atoms with Gasteiger partial charge in [-0.15, -0.1) is 0 Å². The Morgan fingerprint density at radius 2 is 1.86 bits per heavy atom. The van der Waals surface area contributed by atoms with Gasteiger partial charge in [0.1, 0.15) is 4.90 Å². The molecule has 0 fully saturated rings. The third-order valence-electron chi connectivity index (χ3n) is 3.11. The molecule has 0 saturated heterocycles. The van der Waals surface area contributed by atoms with Crippen LogP contribution in [0.4, 0.5) is 8.78 Å². The molecule has 1 aromatic carbocycles. The van der Waals surface area contributed by atoms with E-state index < -0.39 is 26.6 Å². The van der Waals surface area contributed by atoms with Crippen LogP contribution in [0.2, 0.25) is 0 Å². The van der Waals surface area contributed by atoms with Gasteiger partial charge in [-0.1, -0.05) is 13.8 Å². The molecule has 1 aromatic rings. The summed E-state index contributed by atoms with van der Waals surface area (Å²) >= 11 is 0. The minimum Gasteiger partial charge on any atom is -0.313 e. The van der Waals surface area contributed by atoms with Crippen LogP contribution in [0.25, 0.3) is 0 Å². The van der Waals surface area contributed by atoms with Crippen molar-refractivity contribution in [3.05, 3.63) is 29.3 Å². The average molecular weight is 320 g/mol. The van der Waals surface area contributed by atoms with Gasteiger partial charge < -0.3 is 5.32 Å². The first-order valence-electron chi connectivity index (χ1n) is 6.96. The smallest absolute Gasteiger partial charge is 0.246 e. The number of nitrogens with one attached hydrogen (secondary N) is 1. The van der Waals surface area contributed by atoms with E-state index in [0.29, 0.717) is 12.1 Å². The van der Waals surface area contributed by atoms with E-state index in [1.54, 1.807) is 20.8 Å². The van der Waals surface area contributed by atoms with Crippen LogP contribution in [0.5, 0.6) is 0 Å². The van der Waals surface area contributed by atoms with Crippen molar-refractivity contribution in [2.75, 3.05) is 13.1 Å². The van der Waals surface area contributed by atoms with E-state index in [-0.39, 0.29) is 19.1 Å². The van der Waals surface area contributed by atoms with Crippen molar-refractivity contribution in [1.82, 2.24) is 9.62 Å². The molecule has 4 nitrogen and oxygen atoms in total. The molecular weight excluding hydrogens is 298 g/mol. The summed E-state index contributed by atoms with van der Waals surface area (Å²) < 4.78 is 53.8. The van der Waals surface area contributed by atoms with E-state index in [2.05, 4.69) is 5.32 Å². The van der Waals surface area contributed by atoms with Crippen LogP contribution < -0.4 is 5.32 Å². The molecule has 120 valence electrons. The van der Waals surface area contributed by atoms with E-state index in [1.807, 2.05) is 6.92 Å². The second-order valence-electron chi connectivity index (χ2n) is 4.97. The van der Waals surface area contributed by atoms with Crippen LogP contribution in [-0.4, -0.2) is 31.9 Å². The van der Waals surface area contributed by atoms with Crippen molar-refractivity contribution in [3.63, 3.8) is 0 Å². The molecule has 1 N–H and O–H groups in total. The molecule has 0 aliphatic carbocycles. The molecule has 7 heteroatoms. The van der Waals surface area contributed by atoms with Crippen molar-refractivity contribution >= 4 is 10.0 Å². The maximum atomic E-state index is 14.0. The SMILES string of the molecule is CCNCc1cc(F)c(F)c(S(=O)(=O)N(CC)C(C)C)c1. The van der Waals surface area contributed by atoms with Crippen molar-refractivity contribution in [3.8, 4) is 0 Å². The number of sulfonamides is 1. The Bertz CT molecular complexity index is 589. The fourth-order valence-corrected chi connectivity index (χ4v) is 3.89. The number of benzene rings is 1. The van der Waals surface area contributed by atoms with Gasteiger partial charge >= 0.3 is 0 Å². The van der Waals surface area contributed by atoms with Gasteiger partial charge in [0.2, 0.25) is 10.0 Å². The highest BCUT2D eigenvalue weighted by molar-refractivity contribution is 7.89. The Morgan fingerprint density at radius 1 is 1.24 bits per heavy atom. The standard InChI is InChI=1S/C14H22F2N2O2S/c1-5-17-9-11-7-12(15)14(16)13(8-11)21(19,20)18(6-2)10(3)4/h7-8,10,17H,5-6,9H2,1-4H3. The van der Waals surface area contributed by atoms with Gasteiger partial charge in [0.15, 0.2) is 11.6 Å². The summed E-state index contributed by atoms with van der Waals surface area (Å²) in [6.45, 7) is 8.04. The maximum Gasteiger partial charge on any atom is 0.246 e. The van der Waals surface area contributed by atoms with Gasteiger partial charge in [-0.25, -0.2) is 17.2 Å². The number of nitrogens with zero attached hydrogens (tertiary/aromatic N) is 1. The number of hydrogen-bond acceptors (Lipinski definition) is 3. The summed E-state index contributed by atoms with van der Waals surface area (Å²) in [7, 11) is -4.06. The summed E-state index contributed by atoms with van der Waals surface area (Å²) in [6, 6.07) is 1.88. The summed E-state index contributed by atoms with van der Waals surface area (Å²) in [5.74, 6) is -2.47. The Balaban J connectivity index is 3.36. The third-order valence-corrected chi connectivity index (χ3v) is 5.26. The highest BCUT2D eigenvalue weighted by Gasteiger charge is 2.30. The highest BCUT2D eigenvalue weighted by atomic mass is 32.2. The molecular formula is C14H22F2N2O2S. The van der Waals surface area contributed by atoms with Crippen LogP contribution in [-0.2, 0) is 16.6 Å². The molecule has 0 spiro atoms. The zero-order valence-electron chi connectivity index (χ0n) is 12.8. The lowest BCUT2D eigenvalue weighted by molar-refractivity contribution is 0.365. The molecule has 0 aliphatic heterocycles. The summed E-state index contributed by atoms with van der Waals surface area (Å²) in [6.07, 6.45) is 0. The minimum absolute atomic E-state index is 0.193. The molecule has 0 aromatic heterocycles. The second kappa shape index (κ2) is 7.29. The molecule has 0 heterocycles. The zero-order chi connectivity index (χ0) is 16.2. The summed E-state index contributed by atoms with van der Waals surface area (Å²) in [5, 5.41) is 2.96. The normalized spacial score (nSPS) is 12.4. The maximum absolute atomic E-state index is 14.0. The van der Waals surface area contributed by atoms with Gasteiger partial charge in [0.05, 0.1) is 0 Å². The Labute approximate surface area is 125 Å². The molecule has 0 atom stereocenters. The zero-order valence-corrected chi connectivity index (χ0v) is 13.6. The largest absolute Gasteiger partial charge is 0.313 e. The molecule has 1 rings (SSSR count). The second-order valence-corrected chi connectivity index (χ2v) is 6.83.